The van der Waals surface area contributed by atoms with Crippen LogP contribution in [-0.4, -0.2) is 24.6 Å². The van der Waals surface area contributed by atoms with Crippen LogP contribution in [-0.2, 0) is 19.1 Å². The van der Waals surface area contributed by atoms with Crippen LogP contribution in [0.1, 0.15) is 91.4 Å². The minimum atomic E-state index is -0.329. The molecule has 0 aliphatic rings. The standard InChI is InChI=1S/C20H36O4/c1-4-6-8-9-10-11-13-17-23-19(21)15-16-20(22)24-18(3)14-12-7-5-2/h10-11,18H,4-9,12-17H2,1-3H3/b11-10+. The van der Waals surface area contributed by atoms with Crippen LogP contribution in [0.5, 0.6) is 0 Å². The van der Waals surface area contributed by atoms with Crippen molar-refractivity contribution in [2.24, 2.45) is 0 Å². The summed E-state index contributed by atoms with van der Waals surface area (Å²) in [6, 6.07) is 0. The van der Waals surface area contributed by atoms with E-state index in [1.54, 1.807) is 0 Å². The van der Waals surface area contributed by atoms with Gasteiger partial charge < -0.3 is 9.47 Å². The van der Waals surface area contributed by atoms with Crippen LogP contribution < -0.4 is 0 Å². The molecule has 0 saturated heterocycles. The number of esters is 2. The molecule has 0 fully saturated rings. The second-order valence-electron chi connectivity index (χ2n) is 6.27. The number of hydrogen-bond acceptors (Lipinski definition) is 4. The smallest absolute Gasteiger partial charge is 0.306 e. The van der Waals surface area contributed by atoms with E-state index in [9.17, 15) is 9.59 Å². The molecule has 0 aromatic carbocycles. The number of rotatable bonds is 15. The number of unbranched alkanes of at least 4 members (excludes halogenated alkanes) is 5. The quantitative estimate of drug-likeness (QED) is 0.229. The molecule has 0 aliphatic carbocycles. The average molecular weight is 341 g/mol. The topological polar surface area (TPSA) is 52.6 Å². The van der Waals surface area contributed by atoms with Crippen LogP contribution in [0.2, 0.25) is 0 Å². The number of carbonyl (C=O) groups excluding carboxylic acids is 2. The number of hydrogen-bond donors (Lipinski definition) is 0. The van der Waals surface area contributed by atoms with Crippen molar-refractivity contribution in [2.75, 3.05) is 6.61 Å². The Labute approximate surface area is 148 Å². The monoisotopic (exact) mass is 340 g/mol. The molecule has 0 spiro atoms. The summed E-state index contributed by atoms with van der Waals surface area (Å²) in [4.78, 5) is 23.2. The van der Waals surface area contributed by atoms with Gasteiger partial charge in [0.25, 0.3) is 0 Å². The van der Waals surface area contributed by atoms with Crippen LogP contribution in [0.4, 0.5) is 0 Å². The van der Waals surface area contributed by atoms with Gasteiger partial charge >= 0.3 is 11.9 Å². The average Bonchev–Trinajstić information content (AvgIpc) is 2.55. The Kier molecular flexibility index (Phi) is 15.6. The van der Waals surface area contributed by atoms with Gasteiger partial charge in [0.15, 0.2) is 0 Å². The van der Waals surface area contributed by atoms with Crippen molar-refractivity contribution in [3.63, 3.8) is 0 Å². The van der Waals surface area contributed by atoms with Gasteiger partial charge in [0.1, 0.15) is 0 Å². The van der Waals surface area contributed by atoms with Crippen LogP contribution in [0, 0.1) is 0 Å². The first-order valence-corrected chi connectivity index (χ1v) is 9.60. The fourth-order valence-electron chi connectivity index (χ4n) is 2.29. The molecule has 1 atom stereocenters. The molecule has 4 nitrogen and oxygen atoms in total. The summed E-state index contributed by atoms with van der Waals surface area (Å²) >= 11 is 0. The summed E-state index contributed by atoms with van der Waals surface area (Å²) in [6.45, 7) is 6.61. The second kappa shape index (κ2) is 16.5. The van der Waals surface area contributed by atoms with Gasteiger partial charge in [0.05, 0.1) is 25.6 Å². The van der Waals surface area contributed by atoms with Gasteiger partial charge in [0.2, 0.25) is 0 Å². The van der Waals surface area contributed by atoms with E-state index in [1.165, 1.54) is 19.3 Å². The normalized spacial score (nSPS) is 12.3. The van der Waals surface area contributed by atoms with Crippen molar-refractivity contribution in [2.45, 2.75) is 97.5 Å². The van der Waals surface area contributed by atoms with Gasteiger partial charge in [-0.2, -0.15) is 0 Å². The van der Waals surface area contributed by atoms with Gasteiger partial charge in [-0.25, -0.2) is 0 Å². The SMILES string of the molecule is CCCCC/C=C/CCOC(=O)CCC(=O)OC(C)CCCCC. The first kappa shape index (κ1) is 22.7. The van der Waals surface area contributed by atoms with Crippen molar-refractivity contribution >= 4 is 11.9 Å². The lowest BCUT2D eigenvalue weighted by molar-refractivity contribution is -0.153. The van der Waals surface area contributed by atoms with Crippen molar-refractivity contribution in [3.05, 3.63) is 12.2 Å². The molecule has 0 N–H and O–H groups in total. The molecule has 24 heavy (non-hydrogen) atoms. The summed E-state index contributed by atoms with van der Waals surface area (Å²) in [5, 5.41) is 0. The number of carbonyl (C=O) groups is 2. The van der Waals surface area contributed by atoms with E-state index in [0.29, 0.717) is 6.61 Å². The molecule has 0 amide bonds. The van der Waals surface area contributed by atoms with Gasteiger partial charge in [-0.05, 0) is 39.0 Å². The van der Waals surface area contributed by atoms with Crippen molar-refractivity contribution in [1.29, 1.82) is 0 Å². The molecule has 4 heteroatoms. The second-order valence-corrected chi connectivity index (χ2v) is 6.27. The fourth-order valence-corrected chi connectivity index (χ4v) is 2.29. The fraction of sp³-hybridized carbons (Fsp3) is 0.800. The zero-order valence-corrected chi connectivity index (χ0v) is 15.9. The first-order chi connectivity index (χ1) is 11.6. The minimum Gasteiger partial charge on any atom is -0.465 e. The Morgan fingerprint density at radius 3 is 2.21 bits per heavy atom. The first-order valence-electron chi connectivity index (χ1n) is 9.60. The van der Waals surface area contributed by atoms with E-state index >= 15 is 0 Å². The highest BCUT2D eigenvalue weighted by atomic mass is 16.5. The third-order valence-electron chi connectivity index (χ3n) is 3.77. The Morgan fingerprint density at radius 2 is 1.50 bits per heavy atom. The van der Waals surface area contributed by atoms with E-state index in [-0.39, 0.29) is 30.9 Å². The molecule has 0 radical (unpaired) electrons. The molecular weight excluding hydrogens is 304 g/mol. The molecule has 140 valence electrons. The molecular formula is C20H36O4. The molecule has 0 saturated carbocycles. The van der Waals surface area contributed by atoms with E-state index in [0.717, 1.165) is 38.5 Å². The predicted molar refractivity (Wildman–Crippen MR) is 97.8 cm³/mol. The van der Waals surface area contributed by atoms with Crippen LogP contribution in [0.25, 0.3) is 0 Å². The lowest BCUT2D eigenvalue weighted by atomic mass is 10.1. The lowest BCUT2D eigenvalue weighted by Gasteiger charge is -2.12. The van der Waals surface area contributed by atoms with E-state index in [1.807, 2.05) is 6.92 Å². The molecule has 0 aromatic rings. The van der Waals surface area contributed by atoms with Gasteiger partial charge in [-0.3, -0.25) is 9.59 Å². The maximum atomic E-state index is 11.7. The molecule has 1 unspecified atom stereocenters. The maximum absolute atomic E-state index is 11.7. The van der Waals surface area contributed by atoms with E-state index in [2.05, 4.69) is 26.0 Å². The number of allylic oxidation sites excluding steroid dienone is 1. The zero-order valence-electron chi connectivity index (χ0n) is 15.9. The minimum absolute atomic E-state index is 0.0714. The summed E-state index contributed by atoms with van der Waals surface area (Å²) < 4.78 is 10.4. The molecule has 0 bridgehead atoms. The summed E-state index contributed by atoms with van der Waals surface area (Å²) in [7, 11) is 0. The van der Waals surface area contributed by atoms with Gasteiger partial charge in [-0.15, -0.1) is 0 Å². The Morgan fingerprint density at radius 1 is 0.875 bits per heavy atom. The van der Waals surface area contributed by atoms with Gasteiger partial charge in [0, 0.05) is 0 Å². The van der Waals surface area contributed by atoms with Gasteiger partial charge in [-0.1, -0.05) is 51.7 Å². The van der Waals surface area contributed by atoms with Crippen LogP contribution in [0.3, 0.4) is 0 Å². The third kappa shape index (κ3) is 15.6. The Balaban J connectivity index is 3.58. The van der Waals surface area contributed by atoms with Crippen molar-refractivity contribution < 1.29 is 19.1 Å². The van der Waals surface area contributed by atoms with Crippen LogP contribution in [0.15, 0.2) is 12.2 Å². The zero-order chi connectivity index (χ0) is 18.0. The largest absolute Gasteiger partial charge is 0.465 e. The molecule has 0 aliphatic heterocycles. The maximum Gasteiger partial charge on any atom is 0.306 e. The highest BCUT2D eigenvalue weighted by Gasteiger charge is 2.12. The summed E-state index contributed by atoms with van der Waals surface area (Å²) in [5.41, 5.74) is 0. The van der Waals surface area contributed by atoms with E-state index < -0.39 is 0 Å². The van der Waals surface area contributed by atoms with Crippen LogP contribution >= 0.6 is 0 Å². The summed E-state index contributed by atoms with van der Waals surface area (Å²) in [6.07, 6.45) is 14.1. The molecule has 0 heterocycles. The highest BCUT2D eigenvalue weighted by molar-refractivity contribution is 5.77. The molecule has 0 aromatic heterocycles. The van der Waals surface area contributed by atoms with Crippen molar-refractivity contribution in [1.82, 2.24) is 0 Å². The Hall–Kier alpha value is -1.32. The predicted octanol–water partition coefficient (Wildman–Crippen LogP) is 5.35. The molecule has 0 rings (SSSR count). The summed E-state index contributed by atoms with van der Waals surface area (Å²) in [5.74, 6) is -0.642. The van der Waals surface area contributed by atoms with E-state index in [4.69, 9.17) is 9.47 Å². The van der Waals surface area contributed by atoms with Crippen molar-refractivity contribution in [3.8, 4) is 0 Å². The number of ether oxygens (including phenoxy) is 2. The highest BCUT2D eigenvalue weighted by Crippen LogP contribution is 2.08. The third-order valence-corrected chi connectivity index (χ3v) is 3.77. The Bertz CT molecular complexity index is 350. The lowest BCUT2D eigenvalue weighted by Crippen LogP contribution is -2.16.